The molecule has 1 aliphatic rings. The number of amides is 2. The maximum Gasteiger partial charge on any atom is 0.253 e. The highest BCUT2D eigenvalue weighted by atomic mass is 16.2. The molecule has 19 heavy (non-hydrogen) atoms. The van der Waals surface area contributed by atoms with Crippen molar-refractivity contribution in [1.29, 1.82) is 0 Å². The maximum atomic E-state index is 12.2. The van der Waals surface area contributed by atoms with Crippen molar-refractivity contribution in [3.05, 3.63) is 29.3 Å². The molecule has 102 valence electrons. The van der Waals surface area contributed by atoms with Gasteiger partial charge in [0.05, 0.1) is 17.6 Å². The fourth-order valence-corrected chi connectivity index (χ4v) is 2.21. The molecule has 1 aromatic rings. The van der Waals surface area contributed by atoms with E-state index in [0.717, 1.165) is 17.5 Å². The minimum absolute atomic E-state index is 0.219. The van der Waals surface area contributed by atoms with Crippen LogP contribution in [0, 0.1) is 0 Å². The van der Waals surface area contributed by atoms with Gasteiger partial charge in [0, 0.05) is 0 Å². The zero-order chi connectivity index (χ0) is 14.2. The second-order valence-corrected chi connectivity index (χ2v) is 5.43. The quantitative estimate of drug-likeness (QED) is 0.821. The number of fused-ring (bicyclic) bond motifs is 1. The molecule has 1 aliphatic heterocycles. The van der Waals surface area contributed by atoms with Crippen LogP contribution < -0.4 is 16.4 Å². The molecular weight excluding hydrogens is 242 g/mol. The summed E-state index contributed by atoms with van der Waals surface area (Å²) in [5, 5.41) is 0. The van der Waals surface area contributed by atoms with Gasteiger partial charge in [0.2, 0.25) is 5.91 Å². The van der Waals surface area contributed by atoms with Gasteiger partial charge in [0.15, 0.2) is 0 Å². The number of rotatable bonds is 3. The van der Waals surface area contributed by atoms with E-state index in [-0.39, 0.29) is 18.2 Å². The molecule has 0 unspecified atom stereocenters. The molecule has 1 heterocycles. The number of imide groups is 1. The summed E-state index contributed by atoms with van der Waals surface area (Å²) in [6.07, 6.45) is 1.01. The zero-order valence-electron chi connectivity index (χ0n) is 11.3. The van der Waals surface area contributed by atoms with Gasteiger partial charge in [-0.3, -0.25) is 9.59 Å². The summed E-state index contributed by atoms with van der Waals surface area (Å²) in [6, 6.07) is 5.64. The first-order valence-electron chi connectivity index (χ1n) is 6.32. The molecule has 0 fully saturated rings. The topological polar surface area (TPSA) is 89.4 Å². The first kappa shape index (κ1) is 13.7. The first-order valence-corrected chi connectivity index (χ1v) is 6.32. The fraction of sp³-hybridized carbons (Fsp3) is 0.429. The predicted molar refractivity (Wildman–Crippen MR) is 73.7 cm³/mol. The summed E-state index contributed by atoms with van der Waals surface area (Å²) >= 11 is 0. The van der Waals surface area contributed by atoms with Crippen molar-refractivity contribution >= 4 is 17.5 Å². The van der Waals surface area contributed by atoms with Crippen LogP contribution in [0.5, 0.6) is 0 Å². The minimum Gasteiger partial charge on any atom is -0.330 e. The summed E-state index contributed by atoms with van der Waals surface area (Å²) < 4.78 is 0. The lowest BCUT2D eigenvalue weighted by Gasteiger charge is -2.24. The van der Waals surface area contributed by atoms with E-state index in [1.165, 1.54) is 4.90 Å². The standard InChI is InChI=1S/C14H19N3O2/c1-14(2,16)13(19)17-11-4-3-9(5-6-15)7-10(11)8-12(17)18/h3-4,7H,5-6,8,15-16H2,1-2H3. The Hall–Kier alpha value is -1.72. The molecule has 4 N–H and O–H groups in total. The molecule has 0 bridgehead atoms. The summed E-state index contributed by atoms with van der Waals surface area (Å²) in [5.74, 6) is -0.591. The summed E-state index contributed by atoms with van der Waals surface area (Å²) in [7, 11) is 0. The average Bonchev–Trinajstić information content (AvgIpc) is 2.62. The van der Waals surface area contributed by atoms with Gasteiger partial charge in [-0.05, 0) is 44.0 Å². The number of nitrogens with two attached hydrogens (primary N) is 2. The van der Waals surface area contributed by atoms with Crippen LogP contribution in [0.2, 0.25) is 0 Å². The van der Waals surface area contributed by atoms with Crippen molar-refractivity contribution in [3.8, 4) is 0 Å². The second kappa shape index (κ2) is 4.75. The number of hydrogen-bond acceptors (Lipinski definition) is 4. The van der Waals surface area contributed by atoms with Crippen LogP contribution >= 0.6 is 0 Å². The van der Waals surface area contributed by atoms with Crippen molar-refractivity contribution in [3.63, 3.8) is 0 Å². The van der Waals surface area contributed by atoms with E-state index in [9.17, 15) is 9.59 Å². The van der Waals surface area contributed by atoms with E-state index in [4.69, 9.17) is 11.5 Å². The molecule has 5 heteroatoms. The van der Waals surface area contributed by atoms with Gasteiger partial charge in [0.1, 0.15) is 0 Å². The monoisotopic (exact) mass is 261 g/mol. The van der Waals surface area contributed by atoms with Gasteiger partial charge in [-0.1, -0.05) is 12.1 Å². The van der Waals surface area contributed by atoms with E-state index < -0.39 is 5.54 Å². The molecule has 2 amide bonds. The molecule has 1 aromatic carbocycles. The minimum atomic E-state index is -1.06. The van der Waals surface area contributed by atoms with E-state index in [2.05, 4.69) is 0 Å². The van der Waals surface area contributed by atoms with Crippen molar-refractivity contribution < 1.29 is 9.59 Å². The summed E-state index contributed by atoms with van der Waals surface area (Å²) in [6.45, 7) is 3.76. The number of carbonyl (C=O) groups excluding carboxylic acids is 2. The third kappa shape index (κ3) is 2.52. The highest BCUT2D eigenvalue weighted by molar-refractivity contribution is 6.21. The van der Waals surface area contributed by atoms with Crippen LogP contribution in [0.25, 0.3) is 0 Å². The number of nitrogens with zero attached hydrogens (tertiary/aromatic N) is 1. The molecule has 0 atom stereocenters. The first-order chi connectivity index (χ1) is 8.84. The van der Waals surface area contributed by atoms with Crippen LogP contribution in [0.15, 0.2) is 18.2 Å². The highest BCUT2D eigenvalue weighted by Gasteiger charge is 2.38. The lowest BCUT2D eigenvalue weighted by atomic mass is 10.0. The molecule has 0 saturated carbocycles. The zero-order valence-corrected chi connectivity index (χ0v) is 11.3. The van der Waals surface area contributed by atoms with Crippen LogP contribution in [0.1, 0.15) is 25.0 Å². The normalized spacial score (nSPS) is 14.7. The third-order valence-electron chi connectivity index (χ3n) is 3.16. The highest BCUT2D eigenvalue weighted by Crippen LogP contribution is 2.31. The van der Waals surface area contributed by atoms with Crippen LogP contribution in [-0.2, 0) is 22.4 Å². The van der Waals surface area contributed by atoms with E-state index in [0.29, 0.717) is 12.2 Å². The maximum absolute atomic E-state index is 12.2. The molecule has 5 nitrogen and oxygen atoms in total. The molecule has 2 rings (SSSR count). The third-order valence-corrected chi connectivity index (χ3v) is 3.16. The smallest absolute Gasteiger partial charge is 0.253 e. The van der Waals surface area contributed by atoms with Gasteiger partial charge >= 0.3 is 0 Å². The van der Waals surface area contributed by atoms with Crippen LogP contribution in [0.3, 0.4) is 0 Å². The molecule has 0 aromatic heterocycles. The van der Waals surface area contributed by atoms with Crippen LogP contribution in [-0.4, -0.2) is 23.9 Å². The number of anilines is 1. The average molecular weight is 261 g/mol. The molecule has 0 spiro atoms. The Morgan fingerprint density at radius 2 is 2.11 bits per heavy atom. The van der Waals surface area contributed by atoms with Crippen molar-refractivity contribution in [2.45, 2.75) is 32.2 Å². The summed E-state index contributed by atoms with van der Waals surface area (Å²) in [5.41, 5.74) is 12.8. The Labute approximate surface area is 112 Å². The Balaban J connectivity index is 2.37. The summed E-state index contributed by atoms with van der Waals surface area (Å²) in [4.78, 5) is 25.4. The second-order valence-electron chi connectivity index (χ2n) is 5.43. The van der Waals surface area contributed by atoms with Gasteiger partial charge in [-0.25, -0.2) is 4.90 Å². The largest absolute Gasteiger partial charge is 0.330 e. The van der Waals surface area contributed by atoms with E-state index in [1.54, 1.807) is 19.9 Å². The van der Waals surface area contributed by atoms with Gasteiger partial charge in [-0.2, -0.15) is 0 Å². The van der Waals surface area contributed by atoms with Crippen molar-refractivity contribution in [2.75, 3.05) is 11.4 Å². The number of hydrogen-bond donors (Lipinski definition) is 2. The SMILES string of the molecule is CC(C)(N)C(=O)N1C(=O)Cc2cc(CCN)ccc21. The number of benzene rings is 1. The Morgan fingerprint density at radius 1 is 1.42 bits per heavy atom. The van der Waals surface area contributed by atoms with Crippen molar-refractivity contribution in [1.82, 2.24) is 0 Å². The lowest BCUT2D eigenvalue weighted by Crippen LogP contribution is -2.52. The fourth-order valence-electron chi connectivity index (χ4n) is 2.21. The van der Waals surface area contributed by atoms with Crippen LogP contribution in [0.4, 0.5) is 5.69 Å². The van der Waals surface area contributed by atoms with Gasteiger partial charge in [0.25, 0.3) is 5.91 Å². The predicted octanol–water partition coefficient (Wildman–Crippen LogP) is 0.341. The van der Waals surface area contributed by atoms with E-state index in [1.807, 2.05) is 12.1 Å². The molecular formula is C14H19N3O2. The Bertz CT molecular complexity index is 532. The lowest BCUT2D eigenvalue weighted by molar-refractivity contribution is -0.128. The number of carbonyl (C=O) groups is 2. The molecule has 0 aliphatic carbocycles. The van der Waals surface area contributed by atoms with E-state index >= 15 is 0 Å². The van der Waals surface area contributed by atoms with Crippen molar-refractivity contribution in [2.24, 2.45) is 11.5 Å². The van der Waals surface area contributed by atoms with Gasteiger partial charge < -0.3 is 11.5 Å². The Morgan fingerprint density at radius 3 is 2.68 bits per heavy atom. The molecule has 0 radical (unpaired) electrons. The Kier molecular flexibility index (Phi) is 3.43. The molecule has 0 saturated heterocycles. The van der Waals surface area contributed by atoms with Gasteiger partial charge in [-0.15, -0.1) is 0 Å².